The van der Waals surface area contributed by atoms with Gasteiger partial charge in [0.2, 0.25) is 0 Å². The highest BCUT2D eigenvalue weighted by atomic mass is 16.5. The van der Waals surface area contributed by atoms with Crippen LogP contribution in [0.25, 0.3) is 0 Å². The normalized spacial score (nSPS) is 21.5. The Morgan fingerprint density at radius 2 is 2.21 bits per heavy atom. The lowest BCUT2D eigenvalue weighted by Gasteiger charge is -2.22. The van der Waals surface area contributed by atoms with E-state index in [4.69, 9.17) is 4.74 Å². The molecule has 3 heteroatoms. The number of methoxy groups -OCH3 is 1. The summed E-state index contributed by atoms with van der Waals surface area (Å²) in [5, 5.41) is 3.72. The van der Waals surface area contributed by atoms with Crippen molar-refractivity contribution < 1.29 is 4.74 Å². The molecule has 2 atom stereocenters. The van der Waals surface area contributed by atoms with E-state index in [9.17, 15) is 0 Å². The monoisotopic (exact) mass is 262 g/mol. The molecule has 1 heterocycles. The fraction of sp³-hybridized carbons (Fsp3) is 0.625. The predicted molar refractivity (Wildman–Crippen MR) is 79.6 cm³/mol. The van der Waals surface area contributed by atoms with Crippen LogP contribution >= 0.6 is 0 Å². The largest absolute Gasteiger partial charge is 0.496 e. The summed E-state index contributed by atoms with van der Waals surface area (Å²) in [5.74, 6) is 1.78. The van der Waals surface area contributed by atoms with E-state index in [1.807, 2.05) is 12.1 Å². The summed E-state index contributed by atoms with van der Waals surface area (Å²) in [6.45, 7) is 5.78. The van der Waals surface area contributed by atoms with E-state index in [0.717, 1.165) is 24.6 Å². The van der Waals surface area contributed by atoms with Crippen LogP contribution in [0.3, 0.4) is 0 Å². The maximum absolute atomic E-state index is 5.47. The minimum atomic E-state index is 0.391. The van der Waals surface area contributed by atoms with Gasteiger partial charge in [-0.05, 0) is 45.0 Å². The highest BCUT2D eigenvalue weighted by Crippen LogP contribution is 2.27. The second kappa shape index (κ2) is 6.92. The quantitative estimate of drug-likeness (QED) is 0.853. The van der Waals surface area contributed by atoms with Crippen LogP contribution in [0.1, 0.15) is 31.4 Å². The first-order chi connectivity index (χ1) is 9.24. The van der Waals surface area contributed by atoms with E-state index >= 15 is 0 Å². The molecule has 0 aliphatic carbocycles. The lowest BCUT2D eigenvalue weighted by atomic mass is 10.0. The minimum Gasteiger partial charge on any atom is -0.496 e. The number of nitrogens with one attached hydrogen (secondary N) is 1. The molecule has 3 nitrogen and oxygen atoms in total. The zero-order chi connectivity index (χ0) is 13.7. The average Bonchev–Trinajstić information content (AvgIpc) is 2.86. The Morgan fingerprint density at radius 1 is 1.42 bits per heavy atom. The summed E-state index contributed by atoms with van der Waals surface area (Å²) >= 11 is 0. The molecule has 1 fully saturated rings. The zero-order valence-electron chi connectivity index (χ0n) is 12.4. The third-order valence-corrected chi connectivity index (χ3v) is 4.06. The highest BCUT2D eigenvalue weighted by molar-refractivity contribution is 5.35. The molecule has 0 spiro atoms. The van der Waals surface area contributed by atoms with Crippen molar-refractivity contribution >= 4 is 0 Å². The number of benzene rings is 1. The molecule has 1 aliphatic rings. The summed E-state index contributed by atoms with van der Waals surface area (Å²) in [5.41, 5.74) is 1.28. The smallest absolute Gasteiger partial charge is 0.123 e. The van der Waals surface area contributed by atoms with Crippen molar-refractivity contribution in [1.82, 2.24) is 10.2 Å². The first kappa shape index (κ1) is 14.4. The van der Waals surface area contributed by atoms with Crippen LogP contribution in [0, 0.1) is 5.92 Å². The second-order valence-corrected chi connectivity index (χ2v) is 5.53. The van der Waals surface area contributed by atoms with Crippen LogP contribution in [0.4, 0.5) is 0 Å². The Bertz CT molecular complexity index is 394. The van der Waals surface area contributed by atoms with Crippen molar-refractivity contribution in [2.24, 2.45) is 5.92 Å². The number of para-hydroxylation sites is 1. The van der Waals surface area contributed by atoms with Crippen LogP contribution in [0.2, 0.25) is 0 Å². The minimum absolute atomic E-state index is 0.391. The lowest BCUT2D eigenvalue weighted by Crippen LogP contribution is -2.28. The molecule has 0 saturated carbocycles. The van der Waals surface area contributed by atoms with E-state index in [1.165, 1.54) is 25.1 Å². The number of ether oxygens (including phenoxy) is 1. The summed E-state index contributed by atoms with van der Waals surface area (Å²) < 4.78 is 5.47. The third kappa shape index (κ3) is 3.71. The average molecular weight is 262 g/mol. The van der Waals surface area contributed by atoms with Crippen LogP contribution in [0.5, 0.6) is 5.75 Å². The molecule has 1 aromatic rings. The molecule has 1 saturated heterocycles. The van der Waals surface area contributed by atoms with Gasteiger partial charge in [0.1, 0.15) is 5.75 Å². The maximum atomic E-state index is 5.47. The molecule has 0 amide bonds. The van der Waals surface area contributed by atoms with E-state index < -0.39 is 0 Å². The fourth-order valence-electron chi connectivity index (χ4n) is 2.93. The summed E-state index contributed by atoms with van der Waals surface area (Å²) in [7, 11) is 3.95. The third-order valence-electron chi connectivity index (χ3n) is 4.06. The number of nitrogens with zero attached hydrogens (tertiary/aromatic N) is 1. The van der Waals surface area contributed by atoms with Crippen molar-refractivity contribution in [3.63, 3.8) is 0 Å². The van der Waals surface area contributed by atoms with E-state index in [1.54, 1.807) is 7.11 Å². The van der Waals surface area contributed by atoms with Gasteiger partial charge < -0.3 is 15.0 Å². The molecule has 2 rings (SSSR count). The molecule has 0 bridgehead atoms. The van der Waals surface area contributed by atoms with Crippen LogP contribution in [0.15, 0.2) is 24.3 Å². The zero-order valence-corrected chi connectivity index (χ0v) is 12.4. The summed E-state index contributed by atoms with van der Waals surface area (Å²) in [6, 6.07) is 8.72. The van der Waals surface area contributed by atoms with Gasteiger partial charge in [0.05, 0.1) is 7.11 Å². The fourth-order valence-corrected chi connectivity index (χ4v) is 2.93. The Hall–Kier alpha value is -1.06. The molecule has 0 aromatic heterocycles. The van der Waals surface area contributed by atoms with Gasteiger partial charge in [-0.25, -0.2) is 0 Å². The lowest BCUT2D eigenvalue weighted by molar-refractivity contribution is 0.369. The van der Waals surface area contributed by atoms with Gasteiger partial charge in [0.15, 0.2) is 0 Å². The van der Waals surface area contributed by atoms with Crippen molar-refractivity contribution in [3.8, 4) is 5.75 Å². The molecule has 1 N–H and O–H groups in total. The first-order valence-electron chi connectivity index (χ1n) is 7.29. The van der Waals surface area contributed by atoms with Gasteiger partial charge in [0, 0.05) is 18.2 Å². The number of hydrogen-bond acceptors (Lipinski definition) is 3. The summed E-state index contributed by atoms with van der Waals surface area (Å²) in [4.78, 5) is 2.41. The van der Waals surface area contributed by atoms with Gasteiger partial charge in [-0.3, -0.25) is 0 Å². The van der Waals surface area contributed by atoms with Gasteiger partial charge in [-0.1, -0.05) is 25.1 Å². The molecule has 19 heavy (non-hydrogen) atoms. The Kier molecular flexibility index (Phi) is 5.23. The van der Waals surface area contributed by atoms with Crippen molar-refractivity contribution in [1.29, 1.82) is 0 Å². The number of likely N-dealkylation sites (tertiary alicyclic amines) is 1. The van der Waals surface area contributed by atoms with Gasteiger partial charge >= 0.3 is 0 Å². The molecular formula is C16H26N2O. The Labute approximate surface area is 116 Å². The Morgan fingerprint density at radius 3 is 2.84 bits per heavy atom. The van der Waals surface area contributed by atoms with Crippen LogP contribution < -0.4 is 10.1 Å². The van der Waals surface area contributed by atoms with E-state index in [-0.39, 0.29) is 0 Å². The summed E-state index contributed by atoms with van der Waals surface area (Å²) in [6.07, 6.45) is 2.40. The van der Waals surface area contributed by atoms with E-state index in [0.29, 0.717) is 6.04 Å². The second-order valence-electron chi connectivity index (χ2n) is 5.53. The SMILES string of the molecule is CCC(NCC1CCN(C)C1)c1ccccc1OC. The molecule has 1 aromatic carbocycles. The van der Waals surface area contributed by atoms with Crippen molar-refractivity contribution in [2.75, 3.05) is 33.8 Å². The van der Waals surface area contributed by atoms with Gasteiger partial charge in [0.25, 0.3) is 0 Å². The Balaban J connectivity index is 1.96. The van der Waals surface area contributed by atoms with Gasteiger partial charge in [-0.15, -0.1) is 0 Å². The number of hydrogen-bond donors (Lipinski definition) is 1. The van der Waals surface area contributed by atoms with Gasteiger partial charge in [-0.2, -0.15) is 0 Å². The molecule has 0 radical (unpaired) electrons. The van der Waals surface area contributed by atoms with E-state index in [2.05, 4.69) is 36.3 Å². The van der Waals surface area contributed by atoms with Crippen LogP contribution in [-0.2, 0) is 0 Å². The standard InChI is InChI=1S/C16H26N2O/c1-4-15(14-7-5-6-8-16(14)19-3)17-11-13-9-10-18(2)12-13/h5-8,13,15,17H,4,9-12H2,1-3H3. The first-order valence-corrected chi connectivity index (χ1v) is 7.29. The molecule has 2 unspecified atom stereocenters. The topological polar surface area (TPSA) is 24.5 Å². The predicted octanol–water partition coefficient (Wildman–Crippen LogP) is 2.69. The maximum Gasteiger partial charge on any atom is 0.123 e. The highest BCUT2D eigenvalue weighted by Gasteiger charge is 2.21. The molecule has 1 aliphatic heterocycles. The van der Waals surface area contributed by atoms with Crippen molar-refractivity contribution in [3.05, 3.63) is 29.8 Å². The van der Waals surface area contributed by atoms with Crippen LogP contribution in [-0.4, -0.2) is 38.7 Å². The molecule has 106 valence electrons. The molecular weight excluding hydrogens is 236 g/mol. The number of rotatable bonds is 6. The van der Waals surface area contributed by atoms with Crippen molar-refractivity contribution in [2.45, 2.75) is 25.8 Å².